The Hall–Kier alpha value is -1.19. The third-order valence-corrected chi connectivity index (χ3v) is 7.52. The molecule has 146 valence electrons. The van der Waals surface area contributed by atoms with E-state index in [4.69, 9.17) is 27.9 Å². The normalized spacial score (nSPS) is 32.7. The first-order valence-electron chi connectivity index (χ1n) is 9.90. The van der Waals surface area contributed by atoms with E-state index in [9.17, 15) is 4.79 Å². The first kappa shape index (κ1) is 19.1. The van der Waals surface area contributed by atoms with E-state index in [1.165, 1.54) is 38.5 Å². The van der Waals surface area contributed by atoms with Crippen LogP contribution >= 0.6 is 23.2 Å². The fourth-order valence-corrected chi connectivity index (χ4v) is 6.79. The van der Waals surface area contributed by atoms with E-state index in [0.717, 1.165) is 17.8 Å². The fourth-order valence-electron chi connectivity index (χ4n) is 6.21. The minimum Gasteiger partial charge on any atom is -0.495 e. The van der Waals surface area contributed by atoms with Crippen LogP contribution in [0.2, 0.25) is 10.0 Å². The molecule has 4 aliphatic carbocycles. The number of benzene rings is 1. The van der Waals surface area contributed by atoms with E-state index in [-0.39, 0.29) is 11.9 Å². The Morgan fingerprint density at radius 3 is 2.33 bits per heavy atom. The van der Waals surface area contributed by atoms with Gasteiger partial charge in [-0.25, -0.2) is 0 Å². The van der Waals surface area contributed by atoms with Gasteiger partial charge >= 0.3 is 0 Å². The number of carbonyl (C=O) groups is 1. The summed E-state index contributed by atoms with van der Waals surface area (Å²) < 4.78 is 5.34. The maximum atomic E-state index is 12.6. The van der Waals surface area contributed by atoms with Crippen LogP contribution in [0.25, 0.3) is 6.08 Å². The van der Waals surface area contributed by atoms with E-state index < -0.39 is 0 Å². The largest absolute Gasteiger partial charge is 0.495 e. The number of methoxy groups -OCH3 is 1. The van der Waals surface area contributed by atoms with Crippen LogP contribution in [-0.2, 0) is 4.79 Å². The molecule has 0 radical (unpaired) electrons. The van der Waals surface area contributed by atoms with Gasteiger partial charge in [-0.1, -0.05) is 23.2 Å². The Kier molecular flexibility index (Phi) is 5.20. The van der Waals surface area contributed by atoms with Crippen molar-refractivity contribution in [1.29, 1.82) is 0 Å². The third-order valence-electron chi connectivity index (χ3n) is 7.02. The summed E-state index contributed by atoms with van der Waals surface area (Å²) in [6, 6.07) is 3.58. The Labute approximate surface area is 171 Å². The van der Waals surface area contributed by atoms with Gasteiger partial charge < -0.3 is 10.1 Å². The summed E-state index contributed by atoms with van der Waals surface area (Å²) in [5.74, 6) is 3.09. The number of ether oxygens (including phenoxy) is 1. The number of hydrogen-bond donors (Lipinski definition) is 1. The van der Waals surface area contributed by atoms with Crippen LogP contribution in [0.15, 0.2) is 18.2 Å². The van der Waals surface area contributed by atoms with Crippen molar-refractivity contribution in [2.45, 2.75) is 51.5 Å². The highest BCUT2D eigenvalue weighted by Gasteiger charge is 2.53. The zero-order chi connectivity index (χ0) is 19.2. The molecule has 1 aromatic carbocycles. The van der Waals surface area contributed by atoms with Gasteiger partial charge in [0.1, 0.15) is 5.75 Å². The number of amides is 1. The Morgan fingerprint density at radius 2 is 1.78 bits per heavy atom. The lowest BCUT2D eigenvalue weighted by Gasteiger charge is -2.59. The molecular weight excluding hydrogens is 381 g/mol. The van der Waals surface area contributed by atoms with E-state index >= 15 is 0 Å². The van der Waals surface area contributed by atoms with Gasteiger partial charge in [-0.05, 0) is 86.8 Å². The lowest BCUT2D eigenvalue weighted by atomic mass is 9.48. The molecule has 0 heterocycles. The molecule has 4 fully saturated rings. The molecular formula is C22H27Cl2NO2. The van der Waals surface area contributed by atoms with Gasteiger partial charge in [0.25, 0.3) is 0 Å². The van der Waals surface area contributed by atoms with Crippen LogP contribution in [-0.4, -0.2) is 19.1 Å². The first-order valence-corrected chi connectivity index (χ1v) is 10.7. The van der Waals surface area contributed by atoms with Crippen LogP contribution in [0.5, 0.6) is 5.75 Å². The molecule has 0 aliphatic heterocycles. The fraction of sp³-hybridized carbons (Fsp3) is 0.591. The van der Waals surface area contributed by atoms with Crippen molar-refractivity contribution in [1.82, 2.24) is 5.32 Å². The molecule has 27 heavy (non-hydrogen) atoms. The third kappa shape index (κ3) is 3.73. The molecule has 3 nitrogen and oxygen atoms in total. The summed E-state index contributed by atoms with van der Waals surface area (Å²) in [6.45, 7) is 2.19. The number of nitrogens with one attached hydrogen (secondary N) is 1. The van der Waals surface area contributed by atoms with Gasteiger partial charge in [0.2, 0.25) is 5.91 Å². The molecule has 4 aliphatic rings. The van der Waals surface area contributed by atoms with E-state index in [1.807, 2.05) is 0 Å². The predicted octanol–water partition coefficient (Wildman–Crippen LogP) is 5.74. The van der Waals surface area contributed by atoms with E-state index in [2.05, 4.69) is 12.2 Å². The summed E-state index contributed by atoms with van der Waals surface area (Å²) in [5, 5.41) is 4.19. The summed E-state index contributed by atoms with van der Waals surface area (Å²) in [6.07, 6.45) is 11.4. The maximum absolute atomic E-state index is 12.6. The molecule has 0 spiro atoms. The smallest absolute Gasteiger partial charge is 0.244 e. The molecule has 5 rings (SSSR count). The Morgan fingerprint density at radius 1 is 1.19 bits per heavy atom. The zero-order valence-corrected chi connectivity index (χ0v) is 17.4. The standard InChI is InChI=1S/C22H27Cl2NO2/c1-13(22-10-14-5-15(11-22)7-16(6-14)12-22)25-20(26)4-3-17-8-18(23)9-19(24)21(17)27-2/h3-4,8-9,13-16H,5-7,10-12H2,1-2H3,(H,25,26)/b4-3+. The van der Waals surface area contributed by atoms with Gasteiger partial charge in [0.15, 0.2) is 0 Å². The molecule has 0 saturated heterocycles. The van der Waals surface area contributed by atoms with Crippen molar-refractivity contribution in [2.24, 2.45) is 23.2 Å². The quantitative estimate of drug-likeness (QED) is 0.632. The number of rotatable bonds is 5. The first-order chi connectivity index (χ1) is 12.9. The van der Waals surface area contributed by atoms with Crippen molar-refractivity contribution >= 4 is 35.2 Å². The molecule has 4 bridgehead atoms. The molecule has 1 amide bonds. The Balaban J connectivity index is 1.45. The second-order valence-corrected chi connectivity index (χ2v) is 9.70. The lowest BCUT2D eigenvalue weighted by Crippen LogP contribution is -2.55. The highest BCUT2D eigenvalue weighted by atomic mass is 35.5. The highest BCUT2D eigenvalue weighted by molar-refractivity contribution is 6.36. The molecule has 1 atom stereocenters. The summed E-state index contributed by atoms with van der Waals surface area (Å²) in [5.41, 5.74) is 1.00. The molecule has 5 heteroatoms. The average Bonchev–Trinajstić information content (AvgIpc) is 2.58. The van der Waals surface area contributed by atoms with Crippen molar-refractivity contribution in [3.8, 4) is 5.75 Å². The summed E-state index contributed by atoms with van der Waals surface area (Å²) in [7, 11) is 1.56. The molecule has 1 N–H and O–H groups in total. The number of carbonyl (C=O) groups excluding carboxylic acids is 1. The van der Waals surface area contributed by atoms with Gasteiger partial charge in [-0.15, -0.1) is 0 Å². The predicted molar refractivity (Wildman–Crippen MR) is 110 cm³/mol. The van der Waals surface area contributed by atoms with Crippen molar-refractivity contribution in [3.63, 3.8) is 0 Å². The molecule has 1 aromatic rings. The van der Waals surface area contributed by atoms with Crippen LogP contribution in [0.1, 0.15) is 51.0 Å². The van der Waals surface area contributed by atoms with Crippen LogP contribution in [0.4, 0.5) is 0 Å². The van der Waals surface area contributed by atoms with Crippen LogP contribution < -0.4 is 10.1 Å². The van der Waals surface area contributed by atoms with Gasteiger partial charge in [0, 0.05) is 22.7 Å². The maximum Gasteiger partial charge on any atom is 0.244 e. The summed E-state index contributed by atoms with van der Waals surface area (Å²) >= 11 is 12.2. The number of halogens is 2. The SMILES string of the molecule is COc1c(Cl)cc(Cl)cc1/C=C/C(=O)NC(C)C12CC3CC(CC(C3)C1)C2. The van der Waals surface area contributed by atoms with E-state index in [0.29, 0.717) is 26.8 Å². The monoisotopic (exact) mass is 407 g/mol. The second-order valence-electron chi connectivity index (χ2n) is 8.85. The topological polar surface area (TPSA) is 38.3 Å². The number of hydrogen-bond acceptors (Lipinski definition) is 2. The zero-order valence-electron chi connectivity index (χ0n) is 15.9. The van der Waals surface area contributed by atoms with Crippen molar-refractivity contribution < 1.29 is 9.53 Å². The summed E-state index contributed by atoms with van der Waals surface area (Å²) in [4.78, 5) is 12.6. The second kappa shape index (κ2) is 7.33. The highest BCUT2D eigenvalue weighted by Crippen LogP contribution is 2.61. The van der Waals surface area contributed by atoms with Gasteiger partial charge in [-0.2, -0.15) is 0 Å². The minimum atomic E-state index is -0.0728. The van der Waals surface area contributed by atoms with Gasteiger partial charge in [-0.3, -0.25) is 4.79 Å². The van der Waals surface area contributed by atoms with E-state index in [1.54, 1.807) is 31.4 Å². The van der Waals surface area contributed by atoms with Gasteiger partial charge in [0.05, 0.1) is 12.1 Å². The average molecular weight is 408 g/mol. The minimum absolute atomic E-state index is 0.0728. The lowest BCUT2D eigenvalue weighted by molar-refractivity contribution is -0.121. The molecule has 4 saturated carbocycles. The van der Waals surface area contributed by atoms with Crippen molar-refractivity contribution in [3.05, 3.63) is 33.8 Å². The van der Waals surface area contributed by atoms with Crippen molar-refractivity contribution in [2.75, 3.05) is 7.11 Å². The van der Waals surface area contributed by atoms with Crippen LogP contribution in [0, 0.1) is 23.2 Å². The van der Waals surface area contributed by atoms with Crippen LogP contribution in [0.3, 0.4) is 0 Å². The molecule has 0 aromatic heterocycles. The molecule has 1 unspecified atom stereocenters. The Bertz CT molecular complexity index is 739.